The third-order valence-corrected chi connectivity index (χ3v) is 3.11. The number of hydrogen-bond acceptors (Lipinski definition) is 4. The van der Waals surface area contributed by atoms with Crippen LogP contribution in [0.5, 0.6) is 0 Å². The van der Waals surface area contributed by atoms with Crippen molar-refractivity contribution in [3.63, 3.8) is 0 Å². The van der Waals surface area contributed by atoms with Crippen LogP contribution in [0.25, 0.3) is 11.0 Å². The van der Waals surface area contributed by atoms with E-state index in [9.17, 15) is 4.39 Å². The number of aromatic nitrogens is 3. The fourth-order valence-corrected chi connectivity index (χ4v) is 2.03. The summed E-state index contributed by atoms with van der Waals surface area (Å²) in [7, 11) is 0. The molecule has 0 aliphatic carbocycles. The van der Waals surface area contributed by atoms with Crippen LogP contribution in [0.4, 0.5) is 10.3 Å². The number of nitrogens with zero attached hydrogens (tertiary/aromatic N) is 3. The topological polar surface area (TPSA) is 69.9 Å². The van der Waals surface area contributed by atoms with Crippen LogP contribution in [0.15, 0.2) is 22.6 Å². The third-order valence-electron chi connectivity index (χ3n) is 3.11. The van der Waals surface area contributed by atoms with Crippen molar-refractivity contribution < 1.29 is 8.81 Å². The second kappa shape index (κ2) is 4.08. The summed E-state index contributed by atoms with van der Waals surface area (Å²) in [6.07, 6.45) is 0. The fourth-order valence-electron chi connectivity index (χ4n) is 2.03. The Kier molecular flexibility index (Phi) is 2.51. The van der Waals surface area contributed by atoms with Gasteiger partial charge in [-0.15, -0.1) is 0 Å². The van der Waals surface area contributed by atoms with E-state index in [4.69, 9.17) is 10.2 Å². The van der Waals surface area contributed by atoms with E-state index in [-0.39, 0.29) is 5.82 Å². The Morgan fingerprint density at radius 1 is 1.32 bits per heavy atom. The molecule has 3 aromatic rings. The van der Waals surface area contributed by atoms with Crippen molar-refractivity contribution in [2.75, 3.05) is 5.73 Å². The molecule has 2 heterocycles. The van der Waals surface area contributed by atoms with Crippen molar-refractivity contribution in [2.24, 2.45) is 0 Å². The molecule has 0 spiro atoms. The van der Waals surface area contributed by atoms with Gasteiger partial charge >= 0.3 is 0 Å². The molecule has 0 saturated carbocycles. The number of nitrogens with two attached hydrogens (primary N) is 1. The van der Waals surface area contributed by atoms with Crippen LogP contribution in [0, 0.1) is 19.7 Å². The summed E-state index contributed by atoms with van der Waals surface area (Å²) >= 11 is 0. The summed E-state index contributed by atoms with van der Waals surface area (Å²) in [5, 5.41) is 0. The van der Waals surface area contributed by atoms with Crippen LogP contribution in [-0.2, 0) is 6.54 Å². The first-order chi connectivity index (χ1) is 9.04. The molecule has 5 nitrogen and oxygen atoms in total. The van der Waals surface area contributed by atoms with E-state index in [1.807, 2.05) is 13.8 Å². The summed E-state index contributed by atoms with van der Waals surface area (Å²) in [6.45, 7) is 4.12. The number of benzene rings is 1. The Bertz CT molecular complexity index is 740. The summed E-state index contributed by atoms with van der Waals surface area (Å²) in [5.74, 6) is 1.32. The van der Waals surface area contributed by atoms with Crippen molar-refractivity contribution >= 4 is 17.0 Å². The lowest BCUT2D eigenvalue weighted by molar-refractivity contribution is 0.460. The predicted octanol–water partition coefficient (Wildman–Crippen LogP) is 2.41. The van der Waals surface area contributed by atoms with E-state index in [0.29, 0.717) is 23.9 Å². The molecule has 0 unspecified atom stereocenters. The van der Waals surface area contributed by atoms with E-state index in [1.165, 1.54) is 12.1 Å². The maximum atomic E-state index is 13.1. The summed E-state index contributed by atoms with van der Waals surface area (Å²) in [5.41, 5.74) is 7.99. The molecule has 0 aliphatic rings. The predicted molar refractivity (Wildman–Crippen MR) is 69.2 cm³/mol. The Morgan fingerprint density at radius 2 is 2.11 bits per heavy atom. The van der Waals surface area contributed by atoms with Gasteiger partial charge in [-0.1, -0.05) is 0 Å². The van der Waals surface area contributed by atoms with Crippen molar-refractivity contribution in [1.82, 2.24) is 14.5 Å². The highest BCUT2D eigenvalue weighted by Crippen LogP contribution is 2.20. The number of aryl methyl sites for hydroxylation is 2. The van der Waals surface area contributed by atoms with Gasteiger partial charge in [0.05, 0.1) is 16.7 Å². The first kappa shape index (κ1) is 11.7. The van der Waals surface area contributed by atoms with Gasteiger partial charge < -0.3 is 14.7 Å². The standard InChI is InChI=1S/C13H13FN4O/c1-7-8(2)19-12(16-7)6-18-11-4-3-9(14)5-10(11)17-13(18)15/h3-5H,6H2,1-2H3,(H2,15,17). The number of halogens is 1. The average Bonchev–Trinajstić information content (AvgIpc) is 2.81. The second-order valence-corrected chi connectivity index (χ2v) is 4.44. The van der Waals surface area contributed by atoms with Gasteiger partial charge in [-0.05, 0) is 26.0 Å². The van der Waals surface area contributed by atoms with Crippen LogP contribution in [0.3, 0.4) is 0 Å². The number of oxazole rings is 1. The molecule has 19 heavy (non-hydrogen) atoms. The monoisotopic (exact) mass is 260 g/mol. The molecule has 0 saturated heterocycles. The molecule has 0 aliphatic heterocycles. The maximum Gasteiger partial charge on any atom is 0.214 e. The Labute approximate surface area is 108 Å². The molecular formula is C13H13FN4O. The van der Waals surface area contributed by atoms with E-state index in [2.05, 4.69) is 9.97 Å². The number of fused-ring (bicyclic) bond motifs is 1. The minimum atomic E-state index is -0.333. The van der Waals surface area contributed by atoms with Crippen LogP contribution in [0.1, 0.15) is 17.3 Å². The van der Waals surface area contributed by atoms with Gasteiger partial charge in [0.2, 0.25) is 11.8 Å². The summed E-state index contributed by atoms with van der Waals surface area (Å²) in [4.78, 5) is 8.44. The minimum Gasteiger partial charge on any atom is -0.444 e. The quantitative estimate of drug-likeness (QED) is 0.768. The SMILES string of the molecule is Cc1nc(Cn2c(N)nc3cc(F)ccc32)oc1C. The number of nitrogen functional groups attached to an aromatic ring is 1. The Balaban J connectivity index is 2.07. The number of hydrogen-bond donors (Lipinski definition) is 1. The smallest absolute Gasteiger partial charge is 0.214 e. The average molecular weight is 260 g/mol. The van der Waals surface area contributed by atoms with Crippen molar-refractivity contribution in [2.45, 2.75) is 20.4 Å². The van der Waals surface area contributed by atoms with Crippen LogP contribution in [-0.4, -0.2) is 14.5 Å². The minimum absolute atomic E-state index is 0.314. The molecular weight excluding hydrogens is 247 g/mol. The second-order valence-electron chi connectivity index (χ2n) is 4.44. The van der Waals surface area contributed by atoms with Crippen molar-refractivity contribution in [1.29, 1.82) is 0 Å². The van der Waals surface area contributed by atoms with Gasteiger partial charge in [0.1, 0.15) is 18.1 Å². The molecule has 1 aromatic carbocycles. The van der Waals surface area contributed by atoms with Gasteiger partial charge in [-0.3, -0.25) is 0 Å². The molecule has 2 N–H and O–H groups in total. The van der Waals surface area contributed by atoms with Crippen molar-refractivity contribution in [3.8, 4) is 0 Å². The molecule has 0 atom stereocenters. The summed E-state index contributed by atoms with van der Waals surface area (Å²) < 4.78 is 20.4. The molecule has 3 rings (SSSR count). The maximum absolute atomic E-state index is 13.1. The van der Waals surface area contributed by atoms with Crippen molar-refractivity contribution in [3.05, 3.63) is 41.4 Å². The van der Waals surface area contributed by atoms with Crippen LogP contribution in [0.2, 0.25) is 0 Å². The van der Waals surface area contributed by atoms with E-state index in [1.54, 1.807) is 10.6 Å². The lowest BCUT2D eigenvalue weighted by Crippen LogP contribution is -2.04. The zero-order valence-electron chi connectivity index (χ0n) is 10.6. The summed E-state index contributed by atoms with van der Waals surface area (Å²) in [6, 6.07) is 4.39. The fraction of sp³-hybridized carbons (Fsp3) is 0.231. The first-order valence-corrected chi connectivity index (χ1v) is 5.89. The molecule has 98 valence electrons. The molecule has 0 bridgehead atoms. The molecule has 6 heteroatoms. The van der Waals surface area contributed by atoms with Crippen LogP contribution < -0.4 is 5.73 Å². The number of anilines is 1. The van der Waals surface area contributed by atoms with E-state index in [0.717, 1.165) is 17.0 Å². The lowest BCUT2D eigenvalue weighted by Gasteiger charge is -2.02. The normalized spacial score (nSPS) is 11.3. The largest absolute Gasteiger partial charge is 0.444 e. The molecule has 2 aromatic heterocycles. The van der Waals surface area contributed by atoms with Gasteiger partial charge in [-0.2, -0.15) is 0 Å². The molecule has 0 fully saturated rings. The molecule has 0 amide bonds. The lowest BCUT2D eigenvalue weighted by atomic mass is 10.3. The third kappa shape index (κ3) is 1.95. The van der Waals surface area contributed by atoms with E-state index >= 15 is 0 Å². The highest BCUT2D eigenvalue weighted by Gasteiger charge is 2.12. The Hall–Kier alpha value is -2.37. The van der Waals surface area contributed by atoms with Gasteiger partial charge in [0.25, 0.3) is 0 Å². The zero-order valence-corrected chi connectivity index (χ0v) is 10.6. The number of rotatable bonds is 2. The van der Waals surface area contributed by atoms with E-state index < -0.39 is 0 Å². The highest BCUT2D eigenvalue weighted by atomic mass is 19.1. The van der Waals surface area contributed by atoms with Gasteiger partial charge in [-0.25, -0.2) is 14.4 Å². The van der Waals surface area contributed by atoms with Gasteiger partial charge in [0.15, 0.2) is 0 Å². The molecule has 0 radical (unpaired) electrons. The van der Waals surface area contributed by atoms with Gasteiger partial charge in [0, 0.05) is 6.07 Å². The Morgan fingerprint density at radius 3 is 2.79 bits per heavy atom. The first-order valence-electron chi connectivity index (χ1n) is 5.89. The number of imidazole rings is 1. The van der Waals surface area contributed by atoms with Crippen LogP contribution >= 0.6 is 0 Å². The highest BCUT2D eigenvalue weighted by molar-refractivity contribution is 5.78. The zero-order chi connectivity index (χ0) is 13.6.